The van der Waals surface area contributed by atoms with Crippen LogP contribution in [0.3, 0.4) is 0 Å². The average molecular weight is 417 g/mol. The van der Waals surface area contributed by atoms with Gasteiger partial charge in [-0.05, 0) is 38.2 Å². The van der Waals surface area contributed by atoms with Gasteiger partial charge in [-0.2, -0.15) is 0 Å². The second-order valence-electron chi connectivity index (χ2n) is 7.68. The number of ether oxygens (including phenoxy) is 1. The third-order valence-corrected chi connectivity index (χ3v) is 5.06. The van der Waals surface area contributed by atoms with Crippen molar-refractivity contribution in [2.75, 3.05) is 19.8 Å². The van der Waals surface area contributed by atoms with Gasteiger partial charge in [0.1, 0.15) is 6.61 Å². The predicted molar refractivity (Wildman–Crippen MR) is 113 cm³/mol. The standard InChI is InChI=1S/C23H32N2O5/c1-17(16-26)25-21(27)15-19-10-6-3-7-11-20(14-18-8-4-2-5-9-18)23(29)30-13-12-24-22(19)28/h2-6,8-9,17,19-20,26H,7,10-16H2,1H3,(H,24,28)(H,25,27)/t17-,19-,20-/m1/s1. The van der Waals surface area contributed by atoms with Crippen molar-refractivity contribution >= 4 is 17.8 Å². The maximum Gasteiger partial charge on any atom is 0.309 e. The van der Waals surface area contributed by atoms with E-state index in [-0.39, 0.29) is 55.9 Å². The molecule has 1 aliphatic heterocycles. The lowest BCUT2D eigenvalue weighted by Crippen LogP contribution is -2.39. The van der Waals surface area contributed by atoms with Crippen LogP contribution in [-0.2, 0) is 25.5 Å². The van der Waals surface area contributed by atoms with E-state index in [4.69, 9.17) is 9.84 Å². The molecule has 2 amide bonds. The second-order valence-corrected chi connectivity index (χ2v) is 7.68. The average Bonchev–Trinajstić information content (AvgIpc) is 2.75. The molecule has 1 aliphatic rings. The van der Waals surface area contributed by atoms with Crippen molar-refractivity contribution in [2.45, 2.75) is 45.1 Å². The van der Waals surface area contributed by atoms with Gasteiger partial charge in [-0.3, -0.25) is 14.4 Å². The van der Waals surface area contributed by atoms with Gasteiger partial charge in [-0.25, -0.2) is 0 Å². The van der Waals surface area contributed by atoms with Crippen LogP contribution >= 0.6 is 0 Å². The van der Waals surface area contributed by atoms with Gasteiger partial charge in [0.15, 0.2) is 0 Å². The van der Waals surface area contributed by atoms with E-state index in [1.165, 1.54) is 0 Å². The molecule has 0 bridgehead atoms. The van der Waals surface area contributed by atoms with Crippen molar-refractivity contribution in [1.29, 1.82) is 0 Å². The Hall–Kier alpha value is -2.67. The molecule has 164 valence electrons. The number of nitrogens with one attached hydrogen (secondary N) is 2. The Morgan fingerprint density at radius 1 is 1.23 bits per heavy atom. The first-order valence-electron chi connectivity index (χ1n) is 10.5. The van der Waals surface area contributed by atoms with Crippen LogP contribution in [0.4, 0.5) is 0 Å². The zero-order valence-corrected chi connectivity index (χ0v) is 17.5. The summed E-state index contributed by atoms with van der Waals surface area (Å²) in [6.45, 7) is 1.85. The summed E-state index contributed by atoms with van der Waals surface area (Å²) in [6, 6.07) is 9.49. The quantitative estimate of drug-likeness (QED) is 0.484. The Labute approximate surface area is 177 Å². The Morgan fingerprint density at radius 2 is 2.00 bits per heavy atom. The predicted octanol–water partition coefficient (Wildman–Crippen LogP) is 1.75. The van der Waals surface area contributed by atoms with E-state index in [1.54, 1.807) is 6.92 Å². The Bertz CT molecular complexity index is 720. The van der Waals surface area contributed by atoms with E-state index < -0.39 is 5.92 Å². The van der Waals surface area contributed by atoms with E-state index in [2.05, 4.69) is 10.6 Å². The van der Waals surface area contributed by atoms with Crippen molar-refractivity contribution in [3.05, 3.63) is 48.0 Å². The molecule has 0 unspecified atom stereocenters. The summed E-state index contributed by atoms with van der Waals surface area (Å²) in [7, 11) is 0. The van der Waals surface area contributed by atoms with Gasteiger partial charge in [-0.1, -0.05) is 42.5 Å². The summed E-state index contributed by atoms with van der Waals surface area (Å²) in [4.78, 5) is 37.1. The van der Waals surface area contributed by atoms with E-state index in [9.17, 15) is 14.4 Å². The van der Waals surface area contributed by atoms with E-state index in [0.29, 0.717) is 25.7 Å². The Kier molecular flexibility index (Phi) is 10.1. The number of aliphatic hydroxyl groups is 1. The van der Waals surface area contributed by atoms with Crippen molar-refractivity contribution < 1.29 is 24.2 Å². The lowest BCUT2D eigenvalue weighted by molar-refractivity contribution is -0.149. The zero-order chi connectivity index (χ0) is 21.8. The van der Waals surface area contributed by atoms with Gasteiger partial charge in [0.05, 0.1) is 25.0 Å². The SMILES string of the molecule is C[C@H](CO)NC(=O)C[C@H]1CC=CCC[C@H](Cc2ccccc2)C(=O)OCCNC1=O. The molecule has 0 saturated carbocycles. The third kappa shape index (κ3) is 8.37. The largest absolute Gasteiger partial charge is 0.464 e. The number of cyclic esters (lactones) is 1. The molecule has 1 aromatic rings. The Balaban J connectivity index is 1.98. The monoisotopic (exact) mass is 416 g/mol. The topological polar surface area (TPSA) is 105 Å². The molecule has 0 fully saturated rings. The van der Waals surface area contributed by atoms with Crippen LogP contribution in [0, 0.1) is 11.8 Å². The van der Waals surface area contributed by atoms with E-state index in [0.717, 1.165) is 5.56 Å². The molecule has 0 radical (unpaired) electrons. The lowest BCUT2D eigenvalue weighted by atomic mass is 9.94. The number of hydrogen-bond acceptors (Lipinski definition) is 5. The first kappa shape index (κ1) is 23.6. The molecule has 3 atom stereocenters. The minimum absolute atomic E-state index is 0.0386. The van der Waals surface area contributed by atoms with Gasteiger partial charge >= 0.3 is 5.97 Å². The molecule has 1 aromatic carbocycles. The number of allylic oxidation sites excluding steroid dienone is 2. The number of carbonyl (C=O) groups is 3. The molecule has 1 heterocycles. The van der Waals surface area contributed by atoms with Crippen molar-refractivity contribution in [3.63, 3.8) is 0 Å². The number of aliphatic hydroxyl groups excluding tert-OH is 1. The van der Waals surface area contributed by atoms with Gasteiger partial charge in [-0.15, -0.1) is 0 Å². The molecular formula is C23H32N2O5. The summed E-state index contributed by atoms with van der Waals surface area (Å²) in [5.41, 5.74) is 1.09. The second kappa shape index (κ2) is 12.8. The molecule has 3 N–H and O–H groups in total. The van der Waals surface area contributed by atoms with Gasteiger partial charge < -0.3 is 20.5 Å². The fourth-order valence-corrected chi connectivity index (χ4v) is 3.35. The molecule has 2 rings (SSSR count). The summed E-state index contributed by atoms with van der Waals surface area (Å²) in [5.74, 6) is -1.53. The van der Waals surface area contributed by atoms with E-state index in [1.807, 2.05) is 42.5 Å². The smallest absolute Gasteiger partial charge is 0.309 e. The summed E-state index contributed by atoms with van der Waals surface area (Å²) in [6.07, 6.45) is 6.29. The van der Waals surface area contributed by atoms with Crippen LogP contribution in [0.1, 0.15) is 38.2 Å². The number of esters is 1. The number of hydrogen-bond donors (Lipinski definition) is 3. The number of rotatable bonds is 6. The van der Waals surface area contributed by atoms with Crippen molar-refractivity contribution in [2.24, 2.45) is 11.8 Å². The molecule has 7 heteroatoms. The van der Waals surface area contributed by atoms with Crippen molar-refractivity contribution in [3.8, 4) is 0 Å². The minimum Gasteiger partial charge on any atom is -0.464 e. The van der Waals surface area contributed by atoms with Crippen LogP contribution < -0.4 is 10.6 Å². The number of carbonyl (C=O) groups excluding carboxylic acids is 3. The van der Waals surface area contributed by atoms with Crippen LogP contribution in [0.2, 0.25) is 0 Å². The molecule has 0 saturated heterocycles. The summed E-state index contributed by atoms with van der Waals surface area (Å²) >= 11 is 0. The zero-order valence-electron chi connectivity index (χ0n) is 17.5. The summed E-state index contributed by atoms with van der Waals surface area (Å²) in [5, 5.41) is 14.5. The maximum absolute atomic E-state index is 12.5. The number of amides is 2. The van der Waals surface area contributed by atoms with Crippen LogP contribution in [0.5, 0.6) is 0 Å². The highest BCUT2D eigenvalue weighted by Crippen LogP contribution is 2.18. The van der Waals surface area contributed by atoms with Gasteiger partial charge in [0, 0.05) is 12.5 Å². The molecule has 0 spiro atoms. The first-order chi connectivity index (χ1) is 14.5. The molecule has 30 heavy (non-hydrogen) atoms. The minimum atomic E-state index is -0.510. The molecular weight excluding hydrogens is 384 g/mol. The fraction of sp³-hybridized carbons (Fsp3) is 0.522. The van der Waals surface area contributed by atoms with Crippen molar-refractivity contribution in [1.82, 2.24) is 10.6 Å². The number of benzene rings is 1. The summed E-state index contributed by atoms with van der Waals surface area (Å²) < 4.78 is 5.39. The van der Waals surface area contributed by atoms with Crippen LogP contribution in [-0.4, -0.2) is 48.7 Å². The maximum atomic E-state index is 12.5. The van der Waals surface area contributed by atoms with Crippen LogP contribution in [0.25, 0.3) is 0 Å². The lowest BCUT2D eigenvalue weighted by Gasteiger charge is -2.17. The third-order valence-electron chi connectivity index (χ3n) is 5.06. The highest BCUT2D eigenvalue weighted by atomic mass is 16.5. The normalized spacial score (nSPS) is 21.9. The van der Waals surface area contributed by atoms with Gasteiger partial charge in [0.25, 0.3) is 0 Å². The fourth-order valence-electron chi connectivity index (χ4n) is 3.35. The molecule has 0 aliphatic carbocycles. The van der Waals surface area contributed by atoms with Crippen LogP contribution in [0.15, 0.2) is 42.5 Å². The highest BCUT2D eigenvalue weighted by molar-refractivity contribution is 5.86. The van der Waals surface area contributed by atoms with Gasteiger partial charge in [0.2, 0.25) is 11.8 Å². The highest BCUT2D eigenvalue weighted by Gasteiger charge is 2.23. The Morgan fingerprint density at radius 3 is 2.73 bits per heavy atom. The molecule has 7 nitrogen and oxygen atoms in total. The first-order valence-corrected chi connectivity index (χ1v) is 10.5. The van der Waals surface area contributed by atoms with E-state index >= 15 is 0 Å². The molecule has 0 aromatic heterocycles.